The van der Waals surface area contributed by atoms with Crippen molar-refractivity contribution >= 4 is 11.6 Å². The Morgan fingerprint density at radius 1 is 1.33 bits per heavy atom. The van der Waals surface area contributed by atoms with Crippen molar-refractivity contribution in [2.45, 2.75) is 31.7 Å². The highest BCUT2D eigenvalue weighted by molar-refractivity contribution is 5.93. The summed E-state index contributed by atoms with van der Waals surface area (Å²) in [6.07, 6.45) is 3.04. The molecule has 2 N–H and O–H groups in total. The van der Waals surface area contributed by atoms with E-state index in [2.05, 4.69) is 10.6 Å². The van der Waals surface area contributed by atoms with E-state index in [-0.39, 0.29) is 17.8 Å². The Hall–Kier alpha value is -1.46. The number of hydrogen-bond donors (Lipinski definition) is 2. The van der Waals surface area contributed by atoms with Crippen LogP contribution in [0.4, 0.5) is 10.1 Å². The van der Waals surface area contributed by atoms with Crippen molar-refractivity contribution in [2.75, 3.05) is 25.6 Å². The average Bonchev–Trinajstić information content (AvgIpc) is 2.50. The molecule has 0 bridgehead atoms. The summed E-state index contributed by atoms with van der Waals surface area (Å²) in [5, 5.41) is 6.01. The van der Waals surface area contributed by atoms with E-state index in [1.54, 1.807) is 0 Å². The molecular formula is C16H21FN2O2. The number of rotatable bonds is 3. The molecule has 4 nitrogen and oxygen atoms in total. The van der Waals surface area contributed by atoms with E-state index in [1.165, 1.54) is 6.07 Å². The highest BCUT2D eigenvalue weighted by atomic mass is 19.1. The lowest BCUT2D eigenvalue weighted by molar-refractivity contribution is -0.116. The molecule has 3 rings (SSSR count). The Morgan fingerprint density at radius 2 is 2.10 bits per heavy atom. The zero-order chi connectivity index (χ0) is 14.8. The molecule has 2 heterocycles. The van der Waals surface area contributed by atoms with Crippen LogP contribution < -0.4 is 10.6 Å². The predicted octanol–water partition coefficient (Wildman–Crippen LogP) is 2.40. The number of ether oxygens (including phenoxy) is 1. The molecule has 2 aliphatic heterocycles. The standard InChI is InChI=1S/C16H21FN2O2/c1-18-16(10-4-6-21-7-5-10)12-8-11-2-3-15(20)19-14(11)9-13(12)17/h8-10,16,18H,2-7H2,1H3,(H,19,20). The molecule has 5 heteroatoms. The number of carbonyl (C=O) groups is 1. The molecule has 0 radical (unpaired) electrons. The molecule has 0 aromatic heterocycles. The lowest BCUT2D eigenvalue weighted by atomic mass is 9.85. The Labute approximate surface area is 124 Å². The van der Waals surface area contributed by atoms with Crippen LogP contribution in [0, 0.1) is 11.7 Å². The molecule has 1 aromatic rings. The van der Waals surface area contributed by atoms with Gasteiger partial charge in [0.1, 0.15) is 5.82 Å². The number of nitrogens with one attached hydrogen (secondary N) is 2. The molecule has 1 atom stereocenters. The summed E-state index contributed by atoms with van der Waals surface area (Å²) in [6.45, 7) is 1.48. The quantitative estimate of drug-likeness (QED) is 0.899. The van der Waals surface area contributed by atoms with Gasteiger partial charge >= 0.3 is 0 Å². The summed E-state index contributed by atoms with van der Waals surface area (Å²) >= 11 is 0. The van der Waals surface area contributed by atoms with E-state index in [0.29, 0.717) is 30.0 Å². The molecule has 1 aromatic carbocycles. The Bertz CT molecular complexity index is 541. The number of hydrogen-bond acceptors (Lipinski definition) is 3. The largest absolute Gasteiger partial charge is 0.381 e. The van der Waals surface area contributed by atoms with Crippen molar-refractivity contribution < 1.29 is 13.9 Å². The van der Waals surface area contributed by atoms with Crippen LogP contribution in [0.25, 0.3) is 0 Å². The second kappa shape index (κ2) is 6.12. The van der Waals surface area contributed by atoms with Gasteiger partial charge in [0.05, 0.1) is 0 Å². The van der Waals surface area contributed by atoms with Gasteiger partial charge in [-0.15, -0.1) is 0 Å². The van der Waals surface area contributed by atoms with Crippen LogP contribution in [-0.2, 0) is 16.0 Å². The van der Waals surface area contributed by atoms with Crippen LogP contribution in [0.2, 0.25) is 0 Å². The third kappa shape index (κ3) is 2.94. The maximum absolute atomic E-state index is 14.5. The van der Waals surface area contributed by atoms with Crippen molar-refractivity contribution in [2.24, 2.45) is 5.92 Å². The van der Waals surface area contributed by atoms with E-state index in [1.807, 2.05) is 13.1 Å². The molecule has 0 saturated carbocycles. The van der Waals surface area contributed by atoms with Gasteiger partial charge in [0, 0.05) is 36.9 Å². The van der Waals surface area contributed by atoms with Crippen LogP contribution in [-0.4, -0.2) is 26.2 Å². The highest BCUT2D eigenvalue weighted by Crippen LogP contribution is 2.34. The molecule has 114 valence electrons. The Balaban J connectivity index is 1.91. The number of fused-ring (bicyclic) bond motifs is 1. The topological polar surface area (TPSA) is 50.4 Å². The third-order valence-corrected chi connectivity index (χ3v) is 4.50. The predicted molar refractivity (Wildman–Crippen MR) is 78.7 cm³/mol. The van der Waals surface area contributed by atoms with Crippen LogP contribution in [0.1, 0.15) is 36.4 Å². The van der Waals surface area contributed by atoms with E-state index in [4.69, 9.17) is 4.74 Å². The minimum atomic E-state index is -0.248. The van der Waals surface area contributed by atoms with Crippen LogP contribution >= 0.6 is 0 Å². The molecule has 0 spiro atoms. The summed E-state index contributed by atoms with van der Waals surface area (Å²) in [6, 6.07) is 3.38. The monoisotopic (exact) mass is 292 g/mol. The fraction of sp³-hybridized carbons (Fsp3) is 0.562. The minimum absolute atomic E-state index is 0.00294. The number of anilines is 1. The second-order valence-electron chi connectivity index (χ2n) is 5.80. The maximum Gasteiger partial charge on any atom is 0.224 e. The van der Waals surface area contributed by atoms with Crippen LogP contribution in [0.15, 0.2) is 12.1 Å². The van der Waals surface area contributed by atoms with Crippen molar-refractivity contribution in [3.8, 4) is 0 Å². The zero-order valence-electron chi connectivity index (χ0n) is 12.2. The van der Waals surface area contributed by atoms with E-state index in [0.717, 1.165) is 31.6 Å². The van der Waals surface area contributed by atoms with Gasteiger partial charge in [-0.2, -0.15) is 0 Å². The number of halogens is 1. The van der Waals surface area contributed by atoms with Gasteiger partial charge in [0.15, 0.2) is 0 Å². The first-order chi connectivity index (χ1) is 10.2. The van der Waals surface area contributed by atoms with Gasteiger partial charge in [-0.25, -0.2) is 4.39 Å². The molecule has 21 heavy (non-hydrogen) atoms. The molecule has 2 aliphatic rings. The van der Waals surface area contributed by atoms with Gasteiger partial charge in [-0.05, 0) is 49.9 Å². The van der Waals surface area contributed by atoms with Gasteiger partial charge in [0.25, 0.3) is 0 Å². The van der Waals surface area contributed by atoms with Crippen LogP contribution in [0.3, 0.4) is 0 Å². The summed E-state index contributed by atoms with van der Waals surface area (Å²) in [5.74, 6) is 0.0977. The fourth-order valence-electron chi connectivity index (χ4n) is 3.35. The molecular weight excluding hydrogens is 271 g/mol. The minimum Gasteiger partial charge on any atom is -0.381 e. The first-order valence-corrected chi connectivity index (χ1v) is 7.56. The van der Waals surface area contributed by atoms with Crippen molar-refractivity contribution in [3.05, 3.63) is 29.1 Å². The van der Waals surface area contributed by atoms with Gasteiger partial charge in [0.2, 0.25) is 5.91 Å². The normalized spacial score (nSPS) is 20.8. The van der Waals surface area contributed by atoms with Crippen molar-refractivity contribution in [1.29, 1.82) is 0 Å². The van der Waals surface area contributed by atoms with Crippen molar-refractivity contribution in [1.82, 2.24) is 5.32 Å². The van der Waals surface area contributed by atoms with Crippen LogP contribution in [0.5, 0.6) is 0 Å². The van der Waals surface area contributed by atoms with E-state index < -0.39 is 0 Å². The summed E-state index contributed by atoms with van der Waals surface area (Å²) in [4.78, 5) is 11.4. The lowest BCUT2D eigenvalue weighted by Gasteiger charge is -2.31. The summed E-state index contributed by atoms with van der Waals surface area (Å²) in [7, 11) is 1.88. The van der Waals surface area contributed by atoms with Crippen molar-refractivity contribution in [3.63, 3.8) is 0 Å². The number of benzene rings is 1. The van der Waals surface area contributed by atoms with E-state index >= 15 is 0 Å². The Kier molecular flexibility index (Phi) is 4.22. The molecule has 0 aliphatic carbocycles. The number of amides is 1. The SMILES string of the molecule is CNC(c1cc2c(cc1F)NC(=O)CC2)C1CCOCC1. The first kappa shape index (κ1) is 14.5. The Morgan fingerprint density at radius 3 is 2.81 bits per heavy atom. The first-order valence-electron chi connectivity index (χ1n) is 7.56. The highest BCUT2D eigenvalue weighted by Gasteiger charge is 2.28. The third-order valence-electron chi connectivity index (χ3n) is 4.50. The van der Waals surface area contributed by atoms with Gasteiger partial charge in [-0.1, -0.05) is 0 Å². The number of aryl methyl sites for hydroxylation is 1. The zero-order valence-corrected chi connectivity index (χ0v) is 12.2. The molecule has 1 unspecified atom stereocenters. The van der Waals surface area contributed by atoms with Gasteiger partial charge < -0.3 is 15.4 Å². The smallest absolute Gasteiger partial charge is 0.224 e. The molecule has 1 amide bonds. The van der Waals surface area contributed by atoms with E-state index in [9.17, 15) is 9.18 Å². The molecule has 1 saturated heterocycles. The lowest BCUT2D eigenvalue weighted by Crippen LogP contribution is -2.31. The number of carbonyl (C=O) groups excluding carboxylic acids is 1. The van der Waals surface area contributed by atoms with Gasteiger partial charge in [-0.3, -0.25) is 4.79 Å². The summed E-state index contributed by atoms with van der Waals surface area (Å²) in [5.41, 5.74) is 2.35. The molecule has 1 fully saturated rings. The maximum atomic E-state index is 14.5. The fourth-order valence-corrected chi connectivity index (χ4v) is 3.35. The summed E-state index contributed by atoms with van der Waals surface area (Å²) < 4.78 is 19.9. The average molecular weight is 292 g/mol. The second-order valence-corrected chi connectivity index (χ2v) is 5.80.